The first-order chi connectivity index (χ1) is 10.1. The van der Waals surface area contributed by atoms with Crippen LogP contribution in [0.5, 0.6) is 5.75 Å². The average molecular weight is 291 g/mol. The minimum Gasteiger partial charge on any atom is -0.484 e. The zero-order valence-electron chi connectivity index (χ0n) is 11.3. The number of halogens is 2. The highest BCUT2D eigenvalue weighted by Gasteiger charge is 2.03. The van der Waals surface area contributed by atoms with Crippen molar-refractivity contribution >= 4 is 5.91 Å². The van der Waals surface area contributed by atoms with Gasteiger partial charge in [-0.15, -0.1) is 0 Å². The molecule has 1 amide bonds. The van der Waals surface area contributed by atoms with E-state index in [0.717, 1.165) is 5.56 Å². The van der Waals surface area contributed by atoms with Crippen LogP contribution in [0, 0.1) is 11.6 Å². The molecule has 5 heteroatoms. The quantitative estimate of drug-likeness (QED) is 0.888. The van der Waals surface area contributed by atoms with E-state index in [0.29, 0.717) is 18.7 Å². The van der Waals surface area contributed by atoms with Crippen molar-refractivity contribution in [3.05, 3.63) is 65.7 Å². The number of ether oxygens (including phenoxy) is 1. The minimum absolute atomic E-state index is 0.130. The zero-order chi connectivity index (χ0) is 15.1. The topological polar surface area (TPSA) is 38.3 Å². The second kappa shape index (κ2) is 7.38. The summed E-state index contributed by atoms with van der Waals surface area (Å²) in [5.74, 6) is -0.465. The Morgan fingerprint density at radius 3 is 2.14 bits per heavy atom. The molecule has 0 aliphatic rings. The molecular formula is C16H15F2NO2. The molecule has 0 saturated carbocycles. The molecule has 2 aromatic rings. The van der Waals surface area contributed by atoms with Gasteiger partial charge in [0.05, 0.1) is 0 Å². The van der Waals surface area contributed by atoms with Gasteiger partial charge in [0, 0.05) is 6.54 Å². The Morgan fingerprint density at radius 2 is 1.52 bits per heavy atom. The fourth-order valence-electron chi connectivity index (χ4n) is 1.73. The number of hydrogen-bond donors (Lipinski definition) is 1. The number of rotatable bonds is 6. The maximum atomic E-state index is 12.7. The molecule has 3 nitrogen and oxygen atoms in total. The summed E-state index contributed by atoms with van der Waals surface area (Å²) in [7, 11) is 0. The predicted octanol–water partition coefficient (Wildman–Crippen LogP) is 2.70. The van der Waals surface area contributed by atoms with Crippen LogP contribution in [0.2, 0.25) is 0 Å². The molecule has 2 rings (SSSR count). The summed E-state index contributed by atoms with van der Waals surface area (Å²) < 4.78 is 30.6. The molecule has 0 heterocycles. The Kier molecular flexibility index (Phi) is 5.26. The molecule has 0 atom stereocenters. The maximum absolute atomic E-state index is 12.7. The van der Waals surface area contributed by atoms with Gasteiger partial charge in [-0.05, 0) is 48.4 Å². The Hall–Kier alpha value is -2.43. The van der Waals surface area contributed by atoms with Gasteiger partial charge in [0.2, 0.25) is 0 Å². The lowest BCUT2D eigenvalue weighted by Crippen LogP contribution is -2.30. The second-order valence-corrected chi connectivity index (χ2v) is 4.47. The van der Waals surface area contributed by atoms with Gasteiger partial charge < -0.3 is 10.1 Å². The molecule has 0 aliphatic carbocycles. The first kappa shape index (κ1) is 15.0. The van der Waals surface area contributed by atoms with Crippen molar-refractivity contribution in [3.8, 4) is 5.75 Å². The van der Waals surface area contributed by atoms with Gasteiger partial charge in [-0.2, -0.15) is 0 Å². The van der Waals surface area contributed by atoms with Crippen molar-refractivity contribution in [2.75, 3.05) is 13.2 Å². The normalized spacial score (nSPS) is 10.2. The number of carbonyl (C=O) groups excluding carboxylic acids is 1. The summed E-state index contributed by atoms with van der Waals surface area (Å²) in [4.78, 5) is 11.6. The van der Waals surface area contributed by atoms with Crippen molar-refractivity contribution < 1.29 is 18.3 Å². The van der Waals surface area contributed by atoms with Crippen LogP contribution in [0.3, 0.4) is 0 Å². The van der Waals surface area contributed by atoms with E-state index in [-0.39, 0.29) is 24.1 Å². The summed E-state index contributed by atoms with van der Waals surface area (Å²) in [6, 6.07) is 11.6. The summed E-state index contributed by atoms with van der Waals surface area (Å²) in [5, 5.41) is 2.70. The van der Waals surface area contributed by atoms with Crippen molar-refractivity contribution in [1.29, 1.82) is 0 Å². The third-order valence-corrected chi connectivity index (χ3v) is 2.83. The van der Waals surface area contributed by atoms with Crippen LogP contribution in [-0.4, -0.2) is 19.1 Å². The van der Waals surface area contributed by atoms with Gasteiger partial charge in [-0.25, -0.2) is 8.78 Å². The number of carbonyl (C=O) groups is 1. The number of hydrogen-bond acceptors (Lipinski definition) is 2. The molecule has 110 valence electrons. The lowest BCUT2D eigenvalue weighted by atomic mass is 10.1. The summed E-state index contributed by atoms with van der Waals surface area (Å²) in [6.07, 6.45) is 0.614. The Morgan fingerprint density at radius 1 is 0.952 bits per heavy atom. The van der Waals surface area contributed by atoms with Gasteiger partial charge in [0.15, 0.2) is 6.61 Å². The molecule has 0 spiro atoms. The summed E-state index contributed by atoms with van der Waals surface area (Å²) >= 11 is 0. The standard InChI is InChI=1S/C16H15F2NO2/c17-13-3-1-12(2-4-13)9-10-19-16(20)11-21-15-7-5-14(18)6-8-15/h1-8H,9-11H2,(H,19,20). The third kappa shape index (κ3) is 5.22. The molecule has 21 heavy (non-hydrogen) atoms. The van der Waals surface area contributed by atoms with Crippen molar-refractivity contribution in [2.24, 2.45) is 0 Å². The lowest BCUT2D eigenvalue weighted by Gasteiger charge is -2.07. The number of benzene rings is 2. The molecule has 0 unspecified atom stereocenters. The van der Waals surface area contributed by atoms with Crippen LogP contribution in [0.1, 0.15) is 5.56 Å². The fraction of sp³-hybridized carbons (Fsp3) is 0.188. The molecule has 1 N–H and O–H groups in total. The summed E-state index contributed by atoms with van der Waals surface area (Å²) in [5.41, 5.74) is 0.941. The molecule has 2 aromatic carbocycles. The number of nitrogens with one attached hydrogen (secondary N) is 1. The Bertz CT molecular complexity index is 582. The molecule has 0 radical (unpaired) electrons. The van der Waals surface area contributed by atoms with Crippen LogP contribution in [0.4, 0.5) is 8.78 Å². The van der Waals surface area contributed by atoms with E-state index in [2.05, 4.69) is 5.32 Å². The van der Waals surface area contributed by atoms with Crippen LogP contribution >= 0.6 is 0 Å². The SMILES string of the molecule is O=C(COc1ccc(F)cc1)NCCc1ccc(F)cc1. The van der Waals surface area contributed by atoms with Crippen LogP contribution in [0.25, 0.3) is 0 Å². The second-order valence-electron chi connectivity index (χ2n) is 4.47. The van der Waals surface area contributed by atoms with E-state index in [1.807, 2.05) is 0 Å². The maximum Gasteiger partial charge on any atom is 0.257 e. The van der Waals surface area contributed by atoms with Crippen molar-refractivity contribution in [1.82, 2.24) is 5.32 Å². The highest BCUT2D eigenvalue weighted by molar-refractivity contribution is 5.77. The smallest absolute Gasteiger partial charge is 0.257 e. The highest BCUT2D eigenvalue weighted by Crippen LogP contribution is 2.10. The highest BCUT2D eigenvalue weighted by atomic mass is 19.1. The minimum atomic E-state index is -0.355. The number of amides is 1. The molecule has 0 bridgehead atoms. The van der Waals surface area contributed by atoms with Crippen LogP contribution in [0.15, 0.2) is 48.5 Å². The lowest BCUT2D eigenvalue weighted by molar-refractivity contribution is -0.123. The van der Waals surface area contributed by atoms with E-state index >= 15 is 0 Å². The predicted molar refractivity (Wildman–Crippen MR) is 75.0 cm³/mol. The zero-order valence-corrected chi connectivity index (χ0v) is 11.3. The summed E-state index contributed by atoms with van der Waals surface area (Å²) in [6.45, 7) is 0.312. The van der Waals surface area contributed by atoms with E-state index in [1.54, 1.807) is 12.1 Å². The van der Waals surface area contributed by atoms with E-state index in [4.69, 9.17) is 4.74 Å². The molecule has 0 saturated heterocycles. The Labute approximate surface area is 121 Å². The monoisotopic (exact) mass is 291 g/mol. The molecule has 0 aliphatic heterocycles. The van der Waals surface area contributed by atoms with Crippen molar-refractivity contribution in [3.63, 3.8) is 0 Å². The Balaban J connectivity index is 1.67. The van der Waals surface area contributed by atoms with Crippen LogP contribution < -0.4 is 10.1 Å². The van der Waals surface area contributed by atoms with Crippen LogP contribution in [-0.2, 0) is 11.2 Å². The van der Waals surface area contributed by atoms with Gasteiger partial charge in [0.25, 0.3) is 5.91 Å². The van der Waals surface area contributed by atoms with E-state index in [9.17, 15) is 13.6 Å². The van der Waals surface area contributed by atoms with Gasteiger partial charge in [-0.1, -0.05) is 12.1 Å². The van der Waals surface area contributed by atoms with E-state index in [1.165, 1.54) is 36.4 Å². The van der Waals surface area contributed by atoms with Crippen molar-refractivity contribution in [2.45, 2.75) is 6.42 Å². The van der Waals surface area contributed by atoms with Gasteiger partial charge >= 0.3 is 0 Å². The van der Waals surface area contributed by atoms with Gasteiger partial charge in [-0.3, -0.25) is 4.79 Å². The first-order valence-electron chi connectivity index (χ1n) is 6.53. The third-order valence-electron chi connectivity index (χ3n) is 2.83. The van der Waals surface area contributed by atoms with E-state index < -0.39 is 0 Å². The molecule has 0 aromatic heterocycles. The fourth-order valence-corrected chi connectivity index (χ4v) is 1.73. The van der Waals surface area contributed by atoms with Gasteiger partial charge in [0.1, 0.15) is 17.4 Å². The molecular weight excluding hydrogens is 276 g/mol. The largest absolute Gasteiger partial charge is 0.484 e. The average Bonchev–Trinajstić information content (AvgIpc) is 2.49. The molecule has 0 fully saturated rings. The first-order valence-corrected chi connectivity index (χ1v) is 6.53.